The molecule has 0 bridgehead atoms. The number of anilines is 1. The van der Waals surface area contributed by atoms with Crippen LogP contribution in [-0.2, 0) is 0 Å². The highest BCUT2D eigenvalue weighted by atomic mass is 35.5. The predicted molar refractivity (Wildman–Crippen MR) is 106 cm³/mol. The van der Waals surface area contributed by atoms with Crippen molar-refractivity contribution in [1.29, 1.82) is 0 Å². The van der Waals surface area contributed by atoms with Crippen LogP contribution in [0.1, 0.15) is 30.3 Å². The molecule has 0 atom stereocenters. The van der Waals surface area contributed by atoms with Gasteiger partial charge in [-0.2, -0.15) is 0 Å². The van der Waals surface area contributed by atoms with E-state index in [-0.39, 0.29) is 22.6 Å². The van der Waals surface area contributed by atoms with Gasteiger partial charge in [-0.25, -0.2) is 18.4 Å². The molecule has 0 fully saturated rings. The summed E-state index contributed by atoms with van der Waals surface area (Å²) >= 11 is 12.4. The Hall–Kier alpha value is -2.71. The molecule has 29 heavy (non-hydrogen) atoms. The van der Waals surface area contributed by atoms with E-state index >= 15 is 0 Å². The summed E-state index contributed by atoms with van der Waals surface area (Å²) in [7, 11) is 0. The Balaban J connectivity index is 1.93. The van der Waals surface area contributed by atoms with E-state index in [1.54, 1.807) is 13.0 Å². The van der Waals surface area contributed by atoms with Crippen molar-refractivity contribution in [3.8, 4) is 11.4 Å². The summed E-state index contributed by atoms with van der Waals surface area (Å²) < 4.78 is 33.8. The molecular weight excluding hydrogens is 425 g/mol. The molecule has 3 aromatic rings. The minimum atomic E-state index is -0.911. The molecule has 1 heterocycles. The SMILES string of the molecule is Cc1nc(C(=O)Nc2ccc(F)cc2F)nn1-c1cc(OC(C)C)c(Cl)cc1Cl. The molecule has 152 valence electrons. The molecule has 0 saturated heterocycles. The van der Waals surface area contributed by atoms with E-state index < -0.39 is 17.5 Å². The highest BCUT2D eigenvalue weighted by molar-refractivity contribution is 6.36. The summed E-state index contributed by atoms with van der Waals surface area (Å²) in [6, 6.07) is 5.90. The number of carbonyl (C=O) groups excluding carboxylic acids is 1. The molecule has 6 nitrogen and oxygen atoms in total. The van der Waals surface area contributed by atoms with Crippen molar-refractivity contribution in [3.63, 3.8) is 0 Å². The molecule has 2 aromatic carbocycles. The summed E-state index contributed by atoms with van der Waals surface area (Å²) in [4.78, 5) is 16.5. The molecule has 0 saturated carbocycles. The number of aryl methyl sites for hydroxylation is 1. The van der Waals surface area contributed by atoms with Crippen molar-refractivity contribution in [2.45, 2.75) is 26.9 Å². The number of carbonyl (C=O) groups is 1. The molecular formula is C19H16Cl2F2N4O2. The van der Waals surface area contributed by atoms with Crippen LogP contribution in [0.2, 0.25) is 10.0 Å². The van der Waals surface area contributed by atoms with Gasteiger partial charge in [0.2, 0.25) is 5.82 Å². The van der Waals surface area contributed by atoms with E-state index in [4.69, 9.17) is 27.9 Å². The van der Waals surface area contributed by atoms with Gasteiger partial charge in [0.05, 0.1) is 27.5 Å². The van der Waals surface area contributed by atoms with Crippen LogP contribution in [0.5, 0.6) is 5.75 Å². The Morgan fingerprint density at radius 3 is 2.55 bits per heavy atom. The van der Waals surface area contributed by atoms with Crippen LogP contribution < -0.4 is 10.1 Å². The number of aromatic nitrogens is 3. The van der Waals surface area contributed by atoms with Gasteiger partial charge in [0.25, 0.3) is 5.91 Å². The van der Waals surface area contributed by atoms with E-state index in [0.29, 0.717) is 28.4 Å². The molecule has 0 aliphatic carbocycles. The van der Waals surface area contributed by atoms with Crippen LogP contribution >= 0.6 is 23.2 Å². The summed E-state index contributed by atoms with van der Waals surface area (Å²) in [5.41, 5.74) is 0.214. The zero-order valence-corrected chi connectivity index (χ0v) is 17.1. The Kier molecular flexibility index (Phi) is 6.04. The van der Waals surface area contributed by atoms with Gasteiger partial charge in [0.15, 0.2) is 0 Å². The maximum absolute atomic E-state index is 13.8. The topological polar surface area (TPSA) is 69.0 Å². The highest BCUT2D eigenvalue weighted by Gasteiger charge is 2.20. The lowest BCUT2D eigenvalue weighted by molar-refractivity contribution is 0.101. The number of halogens is 4. The molecule has 0 aliphatic rings. The molecule has 0 unspecified atom stereocenters. The summed E-state index contributed by atoms with van der Waals surface area (Å²) in [5, 5.41) is 7.06. The molecule has 3 rings (SSSR count). The third kappa shape index (κ3) is 4.65. The van der Waals surface area contributed by atoms with Gasteiger partial charge in [-0.1, -0.05) is 23.2 Å². The zero-order valence-electron chi connectivity index (χ0n) is 15.6. The lowest BCUT2D eigenvalue weighted by atomic mass is 10.3. The van der Waals surface area contributed by atoms with Gasteiger partial charge in [-0.05, 0) is 39.0 Å². The second-order valence-electron chi connectivity index (χ2n) is 6.37. The highest BCUT2D eigenvalue weighted by Crippen LogP contribution is 2.34. The van der Waals surface area contributed by atoms with E-state index in [0.717, 1.165) is 12.1 Å². The third-order valence-electron chi connectivity index (χ3n) is 3.74. The fourth-order valence-corrected chi connectivity index (χ4v) is 3.02. The van der Waals surface area contributed by atoms with Crippen molar-refractivity contribution in [3.05, 3.63) is 63.7 Å². The number of nitrogens with zero attached hydrogens (tertiary/aromatic N) is 3. The van der Waals surface area contributed by atoms with Gasteiger partial charge in [-0.3, -0.25) is 4.79 Å². The first-order chi connectivity index (χ1) is 13.7. The first-order valence-corrected chi connectivity index (χ1v) is 9.27. The van der Waals surface area contributed by atoms with Crippen molar-refractivity contribution < 1.29 is 18.3 Å². The Morgan fingerprint density at radius 2 is 1.90 bits per heavy atom. The Morgan fingerprint density at radius 1 is 1.17 bits per heavy atom. The minimum Gasteiger partial charge on any atom is -0.489 e. The number of nitrogens with one attached hydrogen (secondary N) is 1. The monoisotopic (exact) mass is 440 g/mol. The van der Waals surface area contributed by atoms with Gasteiger partial charge < -0.3 is 10.1 Å². The van der Waals surface area contributed by atoms with Crippen LogP contribution in [0, 0.1) is 18.6 Å². The second-order valence-corrected chi connectivity index (χ2v) is 7.19. The van der Waals surface area contributed by atoms with Crippen molar-refractivity contribution in [2.24, 2.45) is 0 Å². The molecule has 0 spiro atoms. The van der Waals surface area contributed by atoms with Gasteiger partial charge >= 0.3 is 0 Å². The smallest absolute Gasteiger partial charge is 0.295 e. The van der Waals surface area contributed by atoms with Crippen LogP contribution in [0.3, 0.4) is 0 Å². The van der Waals surface area contributed by atoms with Crippen molar-refractivity contribution in [2.75, 3.05) is 5.32 Å². The largest absolute Gasteiger partial charge is 0.489 e. The molecule has 10 heteroatoms. The number of ether oxygens (including phenoxy) is 1. The molecule has 1 aromatic heterocycles. The van der Waals surface area contributed by atoms with E-state index in [2.05, 4.69) is 15.4 Å². The van der Waals surface area contributed by atoms with Crippen LogP contribution in [0.4, 0.5) is 14.5 Å². The molecule has 1 N–H and O–H groups in total. The van der Waals surface area contributed by atoms with E-state index in [1.807, 2.05) is 13.8 Å². The second kappa shape index (κ2) is 8.34. The average Bonchev–Trinajstić information content (AvgIpc) is 3.01. The number of amides is 1. The van der Waals surface area contributed by atoms with Gasteiger partial charge in [0, 0.05) is 12.1 Å². The van der Waals surface area contributed by atoms with Crippen molar-refractivity contribution in [1.82, 2.24) is 14.8 Å². The van der Waals surface area contributed by atoms with Crippen LogP contribution in [0.25, 0.3) is 5.69 Å². The Labute approximate surface area is 175 Å². The summed E-state index contributed by atoms with van der Waals surface area (Å²) in [6.07, 6.45) is -0.120. The van der Waals surface area contributed by atoms with E-state index in [9.17, 15) is 13.6 Å². The molecule has 1 amide bonds. The fraction of sp³-hybridized carbons (Fsp3) is 0.211. The van der Waals surface area contributed by atoms with Gasteiger partial charge in [-0.15, -0.1) is 5.10 Å². The van der Waals surface area contributed by atoms with Crippen LogP contribution in [0.15, 0.2) is 30.3 Å². The molecule has 0 aliphatic heterocycles. The standard InChI is InChI=1S/C19H16Cl2F2N4O2/c1-9(2)29-17-8-16(12(20)7-13(17)21)27-10(3)24-18(26-27)19(28)25-15-5-4-11(22)6-14(15)23/h4-9H,1-3H3,(H,25,28). The number of rotatable bonds is 5. The maximum atomic E-state index is 13.8. The van der Waals surface area contributed by atoms with E-state index in [1.165, 1.54) is 10.7 Å². The maximum Gasteiger partial charge on any atom is 0.295 e. The van der Waals surface area contributed by atoms with Crippen molar-refractivity contribution >= 4 is 34.8 Å². The predicted octanol–water partition coefficient (Wildman–Crippen LogP) is 5.20. The number of benzene rings is 2. The van der Waals surface area contributed by atoms with Gasteiger partial charge in [0.1, 0.15) is 23.2 Å². The number of hydrogen-bond donors (Lipinski definition) is 1. The summed E-state index contributed by atoms with van der Waals surface area (Å²) in [5.74, 6) is -1.89. The first kappa shape index (κ1) is 21.0. The fourth-order valence-electron chi connectivity index (χ4n) is 2.51. The first-order valence-electron chi connectivity index (χ1n) is 8.52. The molecule has 0 radical (unpaired) electrons. The number of hydrogen-bond acceptors (Lipinski definition) is 4. The summed E-state index contributed by atoms with van der Waals surface area (Å²) in [6.45, 7) is 5.32. The average molecular weight is 441 g/mol. The minimum absolute atomic E-state index is 0.120. The zero-order chi connectivity index (χ0) is 21.3. The lowest BCUT2D eigenvalue weighted by Crippen LogP contribution is -2.15. The quantitative estimate of drug-likeness (QED) is 0.591. The Bertz CT molecular complexity index is 1090. The third-order valence-corrected chi connectivity index (χ3v) is 4.34. The van der Waals surface area contributed by atoms with Crippen LogP contribution in [-0.4, -0.2) is 26.8 Å². The lowest BCUT2D eigenvalue weighted by Gasteiger charge is -2.14. The normalized spacial score (nSPS) is 11.0.